The normalized spacial score (nSPS) is 16.1. The molecule has 0 spiro atoms. The summed E-state index contributed by atoms with van der Waals surface area (Å²) in [6.07, 6.45) is 0.854. The second-order valence-electron chi connectivity index (χ2n) is 4.78. The summed E-state index contributed by atoms with van der Waals surface area (Å²) in [7, 11) is 0. The van der Waals surface area contributed by atoms with Crippen molar-refractivity contribution in [3.63, 3.8) is 0 Å². The number of carbonyl (C=O) groups excluding carboxylic acids is 1. The van der Waals surface area contributed by atoms with Crippen molar-refractivity contribution in [1.82, 2.24) is 9.88 Å². The van der Waals surface area contributed by atoms with E-state index in [4.69, 9.17) is 16.3 Å². The molecule has 104 valence electrons. The van der Waals surface area contributed by atoms with E-state index in [0.717, 1.165) is 17.2 Å². The molecule has 0 N–H and O–H groups in total. The lowest BCUT2D eigenvalue weighted by Crippen LogP contribution is -2.33. The van der Waals surface area contributed by atoms with Crippen LogP contribution >= 0.6 is 11.6 Å². The summed E-state index contributed by atoms with van der Waals surface area (Å²) < 4.78 is 5.36. The van der Waals surface area contributed by atoms with Gasteiger partial charge in [0.1, 0.15) is 10.8 Å². The highest BCUT2D eigenvalue weighted by atomic mass is 35.5. The third kappa shape index (κ3) is 2.62. The number of pyridine rings is 1. The van der Waals surface area contributed by atoms with Crippen molar-refractivity contribution < 1.29 is 9.53 Å². The molecule has 5 heteroatoms. The topological polar surface area (TPSA) is 42.4 Å². The second-order valence-corrected chi connectivity index (χ2v) is 5.14. The molecular weight excluding hydrogens is 276 g/mol. The number of nitrogens with zero attached hydrogens (tertiary/aromatic N) is 2. The van der Waals surface area contributed by atoms with Gasteiger partial charge in [-0.3, -0.25) is 4.79 Å². The van der Waals surface area contributed by atoms with Gasteiger partial charge in [-0.2, -0.15) is 0 Å². The third-order valence-electron chi connectivity index (χ3n) is 3.42. The first-order chi connectivity index (χ1) is 9.75. The van der Waals surface area contributed by atoms with Crippen LogP contribution in [0.3, 0.4) is 0 Å². The largest absolute Gasteiger partial charge is 0.380 e. The molecule has 0 radical (unpaired) electrons. The Balaban J connectivity index is 1.94. The highest BCUT2D eigenvalue weighted by molar-refractivity contribution is 6.34. The molecule has 1 aromatic heterocycles. The number of hydrogen-bond acceptors (Lipinski definition) is 3. The number of carbonyl (C=O) groups is 1. The lowest BCUT2D eigenvalue weighted by atomic mass is 10.1. The quantitative estimate of drug-likeness (QED) is 0.759. The summed E-state index contributed by atoms with van der Waals surface area (Å²) >= 11 is 6.17. The fourth-order valence-corrected chi connectivity index (χ4v) is 2.64. The van der Waals surface area contributed by atoms with E-state index in [1.165, 1.54) is 0 Å². The van der Waals surface area contributed by atoms with Crippen LogP contribution in [0.4, 0.5) is 0 Å². The zero-order chi connectivity index (χ0) is 13.9. The number of hydrogen-bond donors (Lipinski definition) is 0. The molecule has 1 saturated heterocycles. The number of benzene rings is 1. The average molecular weight is 291 g/mol. The summed E-state index contributed by atoms with van der Waals surface area (Å²) in [4.78, 5) is 18.5. The molecule has 0 aliphatic carbocycles. The fraction of sp³-hybridized carbons (Fsp3) is 0.333. The monoisotopic (exact) mass is 290 g/mol. The van der Waals surface area contributed by atoms with E-state index in [-0.39, 0.29) is 5.91 Å². The van der Waals surface area contributed by atoms with Gasteiger partial charge in [0.15, 0.2) is 0 Å². The van der Waals surface area contributed by atoms with E-state index in [1.54, 1.807) is 11.0 Å². The Labute approximate surface area is 122 Å². The van der Waals surface area contributed by atoms with Crippen LogP contribution in [0.5, 0.6) is 0 Å². The van der Waals surface area contributed by atoms with E-state index in [2.05, 4.69) is 4.98 Å². The Morgan fingerprint density at radius 2 is 2.10 bits per heavy atom. The van der Waals surface area contributed by atoms with Gasteiger partial charge in [-0.15, -0.1) is 0 Å². The standard InChI is InChI=1S/C15H15ClN2O2/c16-14-12-5-2-1-4-11(12)10-13(17-14)15(19)18-6-3-8-20-9-7-18/h1-2,4-5,10H,3,6-9H2. The maximum atomic E-state index is 12.5. The molecule has 1 fully saturated rings. The van der Waals surface area contributed by atoms with Crippen LogP contribution in [-0.4, -0.2) is 42.1 Å². The first-order valence-corrected chi connectivity index (χ1v) is 7.06. The van der Waals surface area contributed by atoms with Crippen LogP contribution in [-0.2, 0) is 4.74 Å². The molecule has 0 bridgehead atoms. The second kappa shape index (κ2) is 5.77. The predicted molar refractivity (Wildman–Crippen MR) is 78.1 cm³/mol. The lowest BCUT2D eigenvalue weighted by Gasteiger charge is -2.19. The van der Waals surface area contributed by atoms with Crippen LogP contribution in [0.15, 0.2) is 30.3 Å². The molecule has 1 aromatic carbocycles. The summed E-state index contributed by atoms with van der Waals surface area (Å²) in [5.74, 6) is -0.0804. The van der Waals surface area contributed by atoms with Gasteiger partial charge < -0.3 is 9.64 Å². The minimum Gasteiger partial charge on any atom is -0.380 e. The molecule has 3 rings (SSSR count). The van der Waals surface area contributed by atoms with Gasteiger partial charge in [0.2, 0.25) is 0 Å². The van der Waals surface area contributed by atoms with Gasteiger partial charge in [-0.05, 0) is 17.9 Å². The van der Waals surface area contributed by atoms with E-state index in [1.807, 2.05) is 24.3 Å². The van der Waals surface area contributed by atoms with Crippen molar-refractivity contribution in [1.29, 1.82) is 0 Å². The minimum absolute atomic E-state index is 0.0804. The molecule has 4 nitrogen and oxygen atoms in total. The molecular formula is C15H15ClN2O2. The summed E-state index contributed by atoms with van der Waals surface area (Å²) in [5.41, 5.74) is 0.399. The molecule has 20 heavy (non-hydrogen) atoms. The number of halogens is 1. The Morgan fingerprint density at radius 1 is 1.25 bits per heavy atom. The van der Waals surface area contributed by atoms with Crippen LogP contribution in [0.1, 0.15) is 16.9 Å². The number of ether oxygens (including phenoxy) is 1. The molecule has 0 unspecified atom stereocenters. The van der Waals surface area contributed by atoms with Crippen molar-refractivity contribution in [2.24, 2.45) is 0 Å². The van der Waals surface area contributed by atoms with Crippen molar-refractivity contribution in [3.05, 3.63) is 41.2 Å². The van der Waals surface area contributed by atoms with Crippen molar-refractivity contribution in [3.8, 4) is 0 Å². The molecule has 2 aromatic rings. The number of aromatic nitrogens is 1. The van der Waals surface area contributed by atoms with Gasteiger partial charge in [0, 0.05) is 25.1 Å². The van der Waals surface area contributed by atoms with E-state index in [9.17, 15) is 4.79 Å². The first kappa shape index (κ1) is 13.3. The highest BCUT2D eigenvalue weighted by Crippen LogP contribution is 2.23. The molecule has 1 aliphatic rings. The SMILES string of the molecule is O=C(c1cc2ccccc2c(Cl)n1)N1CCCOCC1. The van der Waals surface area contributed by atoms with Crippen molar-refractivity contribution in [2.45, 2.75) is 6.42 Å². The van der Waals surface area contributed by atoms with E-state index >= 15 is 0 Å². The van der Waals surface area contributed by atoms with E-state index < -0.39 is 0 Å². The maximum absolute atomic E-state index is 12.5. The molecule has 2 heterocycles. The zero-order valence-electron chi connectivity index (χ0n) is 11.0. The van der Waals surface area contributed by atoms with Gasteiger partial charge in [-0.1, -0.05) is 35.9 Å². The van der Waals surface area contributed by atoms with Gasteiger partial charge in [0.25, 0.3) is 5.91 Å². The van der Waals surface area contributed by atoms with Crippen LogP contribution in [0.2, 0.25) is 5.15 Å². The Morgan fingerprint density at radius 3 is 3.00 bits per heavy atom. The third-order valence-corrected chi connectivity index (χ3v) is 3.71. The lowest BCUT2D eigenvalue weighted by molar-refractivity contribution is 0.0736. The summed E-state index contributed by atoms with van der Waals surface area (Å²) in [6, 6.07) is 9.47. The average Bonchev–Trinajstić information content (AvgIpc) is 2.75. The fourth-order valence-electron chi connectivity index (χ4n) is 2.38. The van der Waals surface area contributed by atoms with Crippen LogP contribution in [0, 0.1) is 0 Å². The van der Waals surface area contributed by atoms with Crippen molar-refractivity contribution in [2.75, 3.05) is 26.3 Å². The highest BCUT2D eigenvalue weighted by Gasteiger charge is 2.19. The first-order valence-electron chi connectivity index (χ1n) is 6.68. The maximum Gasteiger partial charge on any atom is 0.272 e. The predicted octanol–water partition coefficient (Wildman–Crippen LogP) is 2.75. The minimum atomic E-state index is -0.0804. The number of amides is 1. The molecule has 0 atom stereocenters. The van der Waals surface area contributed by atoms with Crippen LogP contribution < -0.4 is 0 Å². The van der Waals surface area contributed by atoms with Crippen molar-refractivity contribution >= 4 is 28.3 Å². The molecule has 0 saturated carbocycles. The zero-order valence-corrected chi connectivity index (χ0v) is 11.8. The van der Waals surface area contributed by atoms with Gasteiger partial charge in [0.05, 0.1) is 6.61 Å². The van der Waals surface area contributed by atoms with Crippen LogP contribution in [0.25, 0.3) is 10.8 Å². The van der Waals surface area contributed by atoms with Gasteiger partial charge >= 0.3 is 0 Å². The Hall–Kier alpha value is -1.65. The Bertz CT molecular complexity index is 637. The number of rotatable bonds is 1. The van der Waals surface area contributed by atoms with E-state index in [0.29, 0.717) is 37.2 Å². The summed E-state index contributed by atoms with van der Waals surface area (Å²) in [6.45, 7) is 2.58. The smallest absolute Gasteiger partial charge is 0.272 e. The Kier molecular flexibility index (Phi) is 3.85. The number of fused-ring (bicyclic) bond motifs is 1. The van der Waals surface area contributed by atoms with Gasteiger partial charge in [-0.25, -0.2) is 4.98 Å². The summed E-state index contributed by atoms with van der Waals surface area (Å²) in [5, 5.41) is 2.17. The molecule has 1 amide bonds. The molecule has 1 aliphatic heterocycles.